The van der Waals surface area contributed by atoms with Gasteiger partial charge in [0.25, 0.3) is 0 Å². The Morgan fingerprint density at radius 1 is 1.42 bits per heavy atom. The predicted octanol–water partition coefficient (Wildman–Crippen LogP) is 0.997. The molecule has 124 valence electrons. The number of nitrogens with zero attached hydrogens (tertiary/aromatic N) is 3. The van der Waals surface area contributed by atoms with Gasteiger partial charge in [0, 0.05) is 43.8 Å². The van der Waals surface area contributed by atoms with Gasteiger partial charge in [-0.1, -0.05) is 6.07 Å². The zero-order chi connectivity index (χ0) is 17.1. The molecule has 24 heavy (non-hydrogen) atoms. The number of amides is 1. The summed E-state index contributed by atoms with van der Waals surface area (Å²) in [5, 5.41) is 11.8. The molecule has 2 atom stereocenters. The van der Waals surface area contributed by atoms with E-state index in [9.17, 15) is 4.79 Å². The standard InChI is InChI=1S/C18H21N5O/c1-21-18(24)17-9-14(20)11-22(17)12-16-6-3-7-23(16)15-5-2-4-13(8-15)10-19/h2-8,14,17H,9,11-12,20H2,1H3,(H,21,24)/t14-,17-/m0/s1. The Balaban J connectivity index is 1.85. The first-order valence-electron chi connectivity index (χ1n) is 8.00. The fourth-order valence-corrected chi connectivity index (χ4v) is 3.28. The molecule has 1 amide bonds. The normalized spacial score (nSPS) is 20.7. The van der Waals surface area contributed by atoms with Gasteiger partial charge in [0.2, 0.25) is 5.91 Å². The number of likely N-dealkylation sites (tertiary alicyclic amines) is 1. The molecule has 1 aromatic carbocycles. The van der Waals surface area contributed by atoms with Gasteiger partial charge in [0.1, 0.15) is 0 Å². The van der Waals surface area contributed by atoms with Crippen LogP contribution in [0, 0.1) is 11.3 Å². The smallest absolute Gasteiger partial charge is 0.237 e. The van der Waals surface area contributed by atoms with Crippen LogP contribution in [0.3, 0.4) is 0 Å². The van der Waals surface area contributed by atoms with Crippen LogP contribution in [0.5, 0.6) is 0 Å². The molecular formula is C18H21N5O. The number of nitrogens with one attached hydrogen (secondary N) is 1. The molecule has 1 aliphatic heterocycles. The minimum Gasteiger partial charge on any atom is -0.358 e. The van der Waals surface area contributed by atoms with Crippen molar-refractivity contribution in [1.82, 2.24) is 14.8 Å². The monoisotopic (exact) mass is 323 g/mol. The number of likely N-dealkylation sites (N-methyl/N-ethyl adjacent to an activating group) is 1. The van der Waals surface area contributed by atoms with Crippen molar-refractivity contribution < 1.29 is 4.79 Å². The molecule has 2 heterocycles. The van der Waals surface area contributed by atoms with Gasteiger partial charge in [0.05, 0.1) is 17.7 Å². The van der Waals surface area contributed by atoms with E-state index in [0.29, 0.717) is 25.1 Å². The maximum atomic E-state index is 12.1. The highest BCUT2D eigenvalue weighted by atomic mass is 16.2. The first kappa shape index (κ1) is 16.2. The van der Waals surface area contributed by atoms with E-state index in [0.717, 1.165) is 11.4 Å². The molecule has 3 N–H and O–H groups in total. The topological polar surface area (TPSA) is 87.1 Å². The van der Waals surface area contributed by atoms with Crippen LogP contribution in [0.2, 0.25) is 0 Å². The molecule has 6 heteroatoms. The van der Waals surface area contributed by atoms with E-state index in [1.165, 1.54) is 0 Å². The Bertz CT molecular complexity index is 776. The number of rotatable bonds is 4. The van der Waals surface area contributed by atoms with E-state index in [4.69, 9.17) is 11.0 Å². The molecule has 1 saturated heterocycles. The molecule has 2 aromatic rings. The van der Waals surface area contributed by atoms with Crippen molar-refractivity contribution in [3.8, 4) is 11.8 Å². The third-order valence-electron chi connectivity index (χ3n) is 4.44. The van der Waals surface area contributed by atoms with Crippen LogP contribution in [-0.4, -0.2) is 41.1 Å². The highest BCUT2D eigenvalue weighted by Gasteiger charge is 2.34. The number of hydrogen-bond acceptors (Lipinski definition) is 4. The first-order chi connectivity index (χ1) is 11.6. The van der Waals surface area contributed by atoms with Crippen LogP contribution in [0.25, 0.3) is 5.69 Å². The Morgan fingerprint density at radius 2 is 2.25 bits per heavy atom. The third kappa shape index (κ3) is 3.18. The lowest BCUT2D eigenvalue weighted by Crippen LogP contribution is -2.41. The molecule has 1 aliphatic rings. The maximum Gasteiger partial charge on any atom is 0.237 e. The Kier molecular flexibility index (Phi) is 4.65. The zero-order valence-electron chi connectivity index (χ0n) is 13.6. The van der Waals surface area contributed by atoms with Crippen molar-refractivity contribution in [2.24, 2.45) is 5.73 Å². The number of benzene rings is 1. The summed E-state index contributed by atoms with van der Waals surface area (Å²) in [5.74, 6) is 0.00698. The number of carbonyl (C=O) groups is 1. The summed E-state index contributed by atoms with van der Waals surface area (Å²) in [5.41, 5.74) is 8.69. The molecule has 6 nitrogen and oxygen atoms in total. The second kappa shape index (κ2) is 6.87. The van der Waals surface area contributed by atoms with Gasteiger partial charge < -0.3 is 15.6 Å². The van der Waals surface area contributed by atoms with Crippen LogP contribution >= 0.6 is 0 Å². The molecule has 0 radical (unpaired) electrons. The Labute approximate surface area is 141 Å². The minimum absolute atomic E-state index is 0.00698. The molecule has 3 rings (SSSR count). The molecule has 0 unspecified atom stereocenters. The van der Waals surface area contributed by atoms with Gasteiger partial charge in [-0.2, -0.15) is 5.26 Å². The highest BCUT2D eigenvalue weighted by molar-refractivity contribution is 5.81. The van der Waals surface area contributed by atoms with Crippen molar-refractivity contribution in [1.29, 1.82) is 5.26 Å². The Morgan fingerprint density at radius 3 is 3.00 bits per heavy atom. The Hall–Kier alpha value is -2.62. The van der Waals surface area contributed by atoms with Gasteiger partial charge in [0.15, 0.2) is 0 Å². The first-order valence-corrected chi connectivity index (χ1v) is 8.00. The lowest BCUT2D eigenvalue weighted by molar-refractivity contribution is -0.125. The summed E-state index contributed by atoms with van der Waals surface area (Å²) < 4.78 is 2.05. The van der Waals surface area contributed by atoms with Crippen molar-refractivity contribution in [3.05, 3.63) is 53.9 Å². The fourth-order valence-electron chi connectivity index (χ4n) is 3.28. The molecule has 0 aliphatic carbocycles. The van der Waals surface area contributed by atoms with E-state index in [1.54, 1.807) is 13.1 Å². The lowest BCUT2D eigenvalue weighted by atomic mass is 10.1. The number of nitrogens with two attached hydrogens (primary N) is 1. The summed E-state index contributed by atoms with van der Waals surface area (Å²) in [6, 6.07) is 13.5. The molecule has 1 aromatic heterocycles. The van der Waals surface area contributed by atoms with Crippen LogP contribution in [0.4, 0.5) is 0 Å². The van der Waals surface area contributed by atoms with Gasteiger partial charge >= 0.3 is 0 Å². The van der Waals surface area contributed by atoms with Crippen LogP contribution < -0.4 is 11.1 Å². The average Bonchev–Trinajstić information content (AvgIpc) is 3.21. The summed E-state index contributed by atoms with van der Waals surface area (Å²) in [7, 11) is 1.65. The SMILES string of the molecule is CNC(=O)[C@@H]1C[C@H](N)CN1Cc1cccn1-c1cccc(C#N)c1. The van der Waals surface area contributed by atoms with Crippen LogP contribution in [0.15, 0.2) is 42.6 Å². The van der Waals surface area contributed by atoms with E-state index in [1.807, 2.05) is 41.1 Å². The van der Waals surface area contributed by atoms with Crippen molar-refractivity contribution >= 4 is 5.91 Å². The summed E-state index contributed by atoms with van der Waals surface area (Å²) >= 11 is 0. The number of aromatic nitrogens is 1. The van der Waals surface area contributed by atoms with Gasteiger partial charge in [-0.05, 0) is 36.8 Å². The minimum atomic E-state index is -0.196. The van der Waals surface area contributed by atoms with Crippen molar-refractivity contribution in [3.63, 3.8) is 0 Å². The largest absolute Gasteiger partial charge is 0.358 e. The van der Waals surface area contributed by atoms with Crippen molar-refractivity contribution in [2.75, 3.05) is 13.6 Å². The molecule has 0 saturated carbocycles. The molecule has 0 bridgehead atoms. The zero-order valence-corrected chi connectivity index (χ0v) is 13.6. The van der Waals surface area contributed by atoms with Gasteiger partial charge in [-0.3, -0.25) is 9.69 Å². The van der Waals surface area contributed by atoms with E-state index < -0.39 is 0 Å². The number of carbonyl (C=O) groups excluding carboxylic acids is 1. The van der Waals surface area contributed by atoms with E-state index in [2.05, 4.69) is 16.3 Å². The maximum absolute atomic E-state index is 12.1. The molecule has 1 fully saturated rings. The average molecular weight is 323 g/mol. The van der Waals surface area contributed by atoms with Gasteiger partial charge in [-0.25, -0.2) is 0 Å². The fraction of sp³-hybridized carbons (Fsp3) is 0.333. The van der Waals surface area contributed by atoms with Gasteiger partial charge in [-0.15, -0.1) is 0 Å². The highest BCUT2D eigenvalue weighted by Crippen LogP contribution is 2.22. The second-order valence-electron chi connectivity index (χ2n) is 6.09. The molecule has 0 spiro atoms. The molecular weight excluding hydrogens is 302 g/mol. The number of nitriles is 1. The van der Waals surface area contributed by atoms with Crippen LogP contribution in [0.1, 0.15) is 17.7 Å². The lowest BCUT2D eigenvalue weighted by Gasteiger charge is -2.23. The second-order valence-corrected chi connectivity index (χ2v) is 6.09. The number of hydrogen-bond donors (Lipinski definition) is 2. The predicted molar refractivity (Wildman–Crippen MR) is 91.3 cm³/mol. The quantitative estimate of drug-likeness (QED) is 0.878. The van der Waals surface area contributed by atoms with E-state index in [-0.39, 0.29) is 18.0 Å². The van der Waals surface area contributed by atoms with E-state index >= 15 is 0 Å². The summed E-state index contributed by atoms with van der Waals surface area (Å²) in [6.45, 7) is 1.33. The summed E-state index contributed by atoms with van der Waals surface area (Å²) in [4.78, 5) is 14.2. The third-order valence-corrected chi connectivity index (χ3v) is 4.44. The van der Waals surface area contributed by atoms with Crippen molar-refractivity contribution in [2.45, 2.75) is 25.0 Å². The summed E-state index contributed by atoms with van der Waals surface area (Å²) in [6.07, 6.45) is 2.64. The van der Waals surface area contributed by atoms with Crippen LogP contribution in [-0.2, 0) is 11.3 Å².